The second-order valence-electron chi connectivity index (χ2n) is 5.02. The van der Waals surface area contributed by atoms with Crippen molar-refractivity contribution in [2.75, 3.05) is 5.33 Å². The summed E-state index contributed by atoms with van der Waals surface area (Å²) in [6.45, 7) is 6.64. The molecule has 0 amide bonds. The topological polar surface area (TPSA) is 12.9 Å². The first-order chi connectivity index (χ1) is 6.94. The van der Waals surface area contributed by atoms with Crippen LogP contribution < -0.4 is 0 Å². The summed E-state index contributed by atoms with van der Waals surface area (Å²) in [5.74, 6) is 0.304. The number of nitrogens with zero attached hydrogens (tertiary/aromatic N) is 1. The summed E-state index contributed by atoms with van der Waals surface area (Å²) in [5.41, 5.74) is 1.27. The van der Waals surface area contributed by atoms with Crippen LogP contribution in [0.4, 0.5) is 4.39 Å². The van der Waals surface area contributed by atoms with Gasteiger partial charge in [0, 0.05) is 16.9 Å². The maximum absolute atomic E-state index is 13.1. The van der Waals surface area contributed by atoms with E-state index in [0.717, 1.165) is 10.9 Å². The molecule has 1 heterocycles. The quantitative estimate of drug-likeness (QED) is 0.750. The third-order valence-electron chi connectivity index (χ3n) is 4.28. The first kappa shape index (κ1) is 11.1. The van der Waals surface area contributed by atoms with Gasteiger partial charge in [0.25, 0.3) is 0 Å². The molecular weight excluding hydrogens is 257 g/mol. The van der Waals surface area contributed by atoms with E-state index in [-0.39, 0.29) is 16.6 Å². The standard InChI is InChI=1S/C12H15BrFN/c1-11(2)10(5-13)12(11,3)8-4-9(14)7-15-6-8/h4,6-7,10H,5H2,1-3H3. The molecule has 1 fully saturated rings. The second kappa shape index (κ2) is 3.27. The molecule has 0 radical (unpaired) electrons. The molecule has 0 aromatic carbocycles. The van der Waals surface area contributed by atoms with Crippen LogP contribution in [0.5, 0.6) is 0 Å². The van der Waals surface area contributed by atoms with Crippen molar-refractivity contribution in [2.24, 2.45) is 11.3 Å². The monoisotopic (exact) mass is 271 g/mol. The number of pyridine rings is 1. The van der Waals surface area contributed by atoms with E-state index in [1.807, 2.05) is 0 Å². The van der Waals surface area contributed by atoms with Crippen LogP contribution in [0.1, 0.15) is 26.3 Å². The van der Waals surface area contributed by atoms with Gasteiger partial charge in [0.05, 0.1) is 6.20 Å². The number of rotatable bonds is 2. The molecule has 15 heavy (non-hydrogen) atoms. The van der Waals surface area contributed by atoms with Crippen LogP contribution in [0.25, 0.3) is 0 Å². The Kier molecular flexibility index (Phi) is 2.41. The van der Waals surface area contributed by atoms with Gasteiger partial charge in [-0.2, -0.15) is 0 Å². The molecule has 1 aromatic heterocycles. The minimum atomic E-state index is -0.246. The zero-order chi connectivity index (χ0) is 11.3. The average Bonchev–Trinajstić information content (AvgIpc) is 2.61. The zero-order valence-electron chi connectivity index (χ0n) is 9.22. The van der Waals surface area contributed by atoms with Gasteiger partial charge in [0.15, 0.2) is 0 Å². The largest absolute Gasteiger partial charge is 0.261 e. The average molecular weight is 272 g/mol. The molecule has 0 aliphatic heterocycles. The fraction of sp³-hybridized carbons (Fsp3) is 0.583. The summed E-state index contributed by atoms with van der Waals surface area (Å²) in [7, 11) is 0. The Morgan fingerprint density at radius 1 is 1.40 bits per heavy atom. The van der Waals surface area contributed by atoms with Crippen molar-refractivity contribution in [1.82, 2.24) is 4.98 Å². The van der Waals surface area contributed by atoms with Crippen LogP contribution in [0.2, 0.25) is 0 Å². The number of halogens is 2. The Bertz CT molecular complexity index is 391. The summed E-state index contributed by atoms with van der Waals surface area (Å²) < 4.78 is 13.1. The lowest BCUT2D eigenvalue weighted by Gasteiger charge is -2.14. The number of hydrogen-bond donors (Lipinski definition) is 0. The lowest BCUT2D eigenvalue weighted by atomic mass is 9.91. The molecule has 0 spiro atoms. The highest BCUT2D eigenvalue weighted by Gasteiger charge is 2.67. The van der Waals surface area contributed by atoms with E-state index >= 15 is 0 Å². The summed E-state index contributed by atoms with van der Waals surface area (Å²) in [4.78, 5) is 3.93. The van der Waals surface area contributed by atoms with Crippen molar-refractivity contribution in [1.29, 1.82) is 0 Å². The highest BCUT2D eigenvalue weighted by Crippen LogP contribution is 2.69. The molecule has 1 aliphatic rings. The predicted octanol–water partition coefficient (Wildman–Crippen LogP) is 3.53. The molecule has 2 atom stereocenters. The van der Waals surface area contributed by atoms with Crippen LogP contribution >= 0.6 is 15.9 Å². The van der Waals surface area contributed by atoms with E-state index in [1.165, 1.54) is 6.20 Å². The van der Waals surface area contributed by atoms with Gasteiger partial charge in [0.1, 0.15) is 5.82 Å². The zero-order valence-corrected chi connectivity index (χ0v) is 10.8. The summed E-state index contributed by atoms with van der Waals surface area (Å²) in [6, 6.07) is 1.61. The van der Waals surface area contributed by atoms with Crippen molar-refractivity contribution in [3.05, 3.63) is 29.8 Å². The lowest BCUT2D eigenvalue weighted by molar-refractivity contribution is 0.517. The Morgan fingerprint density at radius 3 is 2.53 bits per heavy atom. The number of aromatic nitrogens is 1. The highest BCUT2D eigenvalue weighted by atomic mass is 79.9. The molecule has 82 valence electrons. The third-order valence-corrected chi connectivity index (χ3v) is 4.93. The second-order valence-corrected chi connectivity index (χ2v) is 5.67. The maximum Gasteiger partial charge on any atom is 0.141 e. The van der Waals surface area contributed by atoms with Gasteiger partial charge in [-0.1, -0.05) is 36.7 Å². The maximum atomic E-state index is 13.1. The molecule has 1 aliphatic carbocycles. The molecule has 1 nitrogen and oxygen atoms in total. The van der Waals surface area contributed by atoms with E-state index in [4.69, 9.17) is 0 Å². The lowest BCUT2D eigenvalue weighted by Crippen LogP contribution is -2.10. The van der Waals surface area contributed by atoms with Crippen molar-refractivity contribution in [3.63, 3.8) is 0 Å². The van der Waals surface area contributed by atoms with Gasteiger partial charge < -0.3 is 0 Å². The van der Waals surface area contributed by atoms with Crippen molar-refractivity contribution in [3.8, 4) is 0 Å². The first-order valence-electron chi connectivity index (χ1n) is 5.11. The smallest absolute Gasteiger partial charge is 0.141 e. The Labute approximate surface area is 98.2 Å². The van der Waals surface area contributed by atoms with E-state index in [9.17, 15) is 4.39 Å². The van der Waals surface area contributed by atoms with Gasteiger partial charge in [-0.15, -0.1) is 0 Å². The summed E-state index contributed by atoms with van der Waals surface area (Å²) in [6.07, 6.45) is 3.04. The van der Waals surface area contributed by atoms with Crippen LogP contribution in [0, 0.1) is 17.2 Å². The van der Waals surface area contributed by atoms with Crippen LogP contribution in [0.3, 0.4) is 0 Å². The summed E-state index contributed by atoms with van der Waals surface area (Å²) in [5, 5.41) is 0.951. The van der Waals surface area contributed by atoms with Gasteiger partial charge in [-0.05, 0) is 23.0 Å². The van der Waals surface area contributed by atoms with Gasteiger partial charge in [-0.3, -0.25) is 4.98 Å². The van der Waals surface area contributed by atoms with Gasteiger partial charge in [-0.25, -0.2) is 4.39 Å². The number of hydrogen-bond acceptors (Lipinski definition) is 1. The summed E-state index contributed by atoms with van der Waals surface area (Å²) >= 11 is 3.53. The van der Waals surface area contributed by atoms with E-state index < -0.39 is 0 Å². The van der Waals surface area contributed by atoms with Crippen molar-refractivity contribution < 1.29 is 4.39 Å². The van der Waals surface area contributed by atoms with E-state index in [2.05, 4.69) is 41.7 Å². The van der Waals surface area contributed by atoms with Crippen molar-refractivity contribution in [2.45, 2.75) is 26.2 Å². The molecule has 3 heteroatoms. The predicted molar refractivity (Wildman–Crippen MR) is 62.6 cm³/mol. The molecule has 1 saturated carbocycles. The van der Waals surface area contributed by atoms with E-state index in [0.29, 0.717) is 5.92 Å². The van der Waals surface area contributed by atoms with E-state index in [1.54, 1.807) is 12.3 Å². The Hall–Kier alpha value is -0.440. The minimum Gasteiger partial charge on any atom is -0.261 e. The third kappa shape index (κ3) is 1.36. The normalized spacial score (nSPS) is 32.7. The molecule has 0 N–H and O–H groups in total. The highest BCUT2D eigenvalue weighted by molar-refractivity contribution is 9.09. The van der Waals surface area contributed by atoms with Gasteiger partial charge in [0.2, 0.25) is 0 Å². The molecule has 2 unspecified atom stereocenters. The Morgan fingerprint density at radius 2 is 2.07 bits per heavy atom. The molecule has 2 rings (SSSR count). The van der Waals surface area contributed by atoms with Gasteiger partial charge >= 0.3 is 0 Å². The Balaban J connectivity index is 2.41. The number of alkyl halides is 1. The first-order valence-corrected chi connectivity index (χ1v) is 6.23. The SMILES string of the molecule is CC1(C)C(CBr)C1(C)c1cncc(F)c1. The fourth-order valence-electron chi connectivity index (χ4n) is 2.72. The minimum absolute atomic E-state index is 0.0472. The van der Waals surface area contributed by atoms with Crippen LogP contribution in [-0.4, -0.2) is 10.3 Å². The molecule has 1 aromatic rings. The van der Waals surface area contributed by atoms with Crippen LogP contribution in [0.15, 0.2) is 18.5 Å². The van der Waals surface area contributed by atoms with Crippen molar-refractivity contribution >= 4 is 15.9 Å². The molecule has 0 saturated heterocycles. The molecular formula is C12H15BrFN. The van der Waals surface area contributed by atoms with Crippen LogP contribution in [-0.2, 0) is 5.41 Å². The fourth-order valence-corrected chi connectivity index (χ4v) is 4.17. The molecule has 0 bridgehead atoms.